The lowest BCUT2D eigenvalue weighted by Gasteiger charge is -2.06. The number of halogens is 1. The van der Waals surface area contributed by atoms with E-state index in [1.54, 1.807) is 17.8 Å². The van der Waals surface area contributed by atoms with Crippen LogP contribution in [0.2, 0.25) is 5.02 Å². The molecular weight excluding hydrogens is 270 g/mol. The van der Waals surface area contributed by atoms with Crippen LogP contribution in [0.5, 0.6) is 0 Å². The van der Waals surface area contributed by atoms with Crippen LogP contribution in [0.4, 0.5) is 5.69 Å². The number of carboxylic acid groups (broad SMARTS) is 1. The second kappa shape index (κ2) is 5.11. The summed E-state index contributed by atoms with van der Waals surface area (Å²) in [6.07, 6.45) is 3.04. The minimum Gasteiger partial charge on any atom is -0.478 e. The standard InChI is InChI=1S/C12H10ClN3O3/c1-16-5-10(14-6-16)11(17)15-9-4-7(12(18)19)2-3-8(9)13/h2-6H,1H3,(H,15,17)(H,18,19). The van der Waals surface area contributed by atoms with Gasteiger partial charge in [0, 0.05) is 13.2 Å². The van der Waals surface area contributed by atoms with Gasteiger partial charge in [-0.1, -0.05) is 11.6 Å². The molecule has 0 saturated carbocycles. The van der Waals surface area contributed by atoms with E-state index in [0.29, 0.717) is 0 Å². The smallest absolute Gasteiger partial charge is 0.335 e. The van der Waals surface area contributed by atoms with Crippen LogP contribution in [-0.2, 0) is 7.05 Å². The molecule has 6 nitrogen and oxygen atoms in total. The maximum Gasteiger partial charge on any atom is 0.335 e. The summed E-state index contributed by atoms with van der Waals surface area (Å²) >= 11 is 5.90. The average Bonchev–Trinajstić information content (AvgIpc) is 2.78. The summed E-state index contributed by atoms with van der Waals surface area (Å²) in [5.41, 5.74) is 0.497. The first-order chi connectivity index (χ1) is 8.97. The van der Waals surface area contributed by atoms with Gasteiger partial charge in [0.25, 0.3) is 5.91 Å². The molecule has 0 aliphatic heterocycles. The lowest BCUT2D eigenvalue weighted by atomic mass is 10.2. The average molecular weight is 280 g/mol. The zero-order valence-corrected chi connectivity index (χ0v) is 10.7. The minimum absolute atomic E-state index is 0.0423. The first kappa shape index (κ1) is 13.1. The molecule has 0 aliphatic carbocycles. The molecule has 0 spiro atoms. The number of imidazole rings is 1. The summed E-state index contributed by atoms with van der Waals surface area (Å²) in [4.78, 5) is 26.6. The molecule has 19 heavy (non-hydrogen) atoms. The van der Waals surface area contributed by atoms with Crippen molar-refractivity contribution in [1.29, 1.82) is 0 Å². The van der Waals surface area contributed by atoms with Gasteiger partial charge >= 0.3 is 5.97 Å². The molecule has 0 fully saturated rings. The number of hydrogen-bond acceptors (Lipinski definition) is 3. The second-order valence-corrected chi connectivity index (χ2v) is 4.29. The van der Waals surface area contributed by atoms with Crippen LogP contribution in [0.3, 0.4) is 0 Å². The Balaban J connectivity index is 2.25. The third-order valence-corrected chi connectivity index (χ3v) is 2.73. The number of carbonyl (C=O) groups excluding carboxylic acids is 1. The third kappa shape index (κ3) is 2.92. The highest BCUT2D eigenvalue weighted by atomic mass is 35.5. The van der Waals surface area contributed by atoms with E-state index in [2.05, 4.69) is 10.3 Å². The van der Waals surface area contributed by atoms with Gasteiger partial charge in [-0.05, 0) is 18.2 Å². The zero-order chi connectivity index (χ0) is 14.0. The highest BCUT2D eigenvalue weighted by Crippen LogP contribution is 2.23. The molecule has 2 rings (SSSR count). The van der Waals surface area contributed by atoms with E-state index in [0.717, 1.165) is 0 Å². The van der Waals surface area contributed by atoms with Gasteiger partial charge in [0.05, 0.1) is 22.6 Å². The lowest BCUT2D eigenvalue weighted by molar-refractivity contribution is 0.0696. The highest BCUT2D eigenvalue weighted by molar-refractivity contribution is 6.34. The van der Waals surface area contributed by atoms with Crippen molar-refractivity contribution in [2.75, 3.05) is 5.32 Å². The molecule has 0 bridgehead atoms. The van der Waals surface area contributed by atoms with Crippen molar-refractivity contribution >= 4 is 29.2 Å². The Bertz CT molecular complexity index is 651. The second-order valence-electron chi connectivity index (χ2n) is 3.88. The number of benzene rings is 1. The summed E-state index contributed by atoms with van der Waals surface area (Å²) in [7, 11) is 1.74. The monoisotopic (exact) mass is 279 g/mol. The van der Waals surface area contributed by atoms with Gasteiger partial charge in [0.1, 0.15) is 5.69 Å². The Morgan fingerprint density at radius 1 is 1.42 bits per heavy atom. The number of hydrogen-bond donors (Lipinski definition) is 2. The van der Waals surface area contributed by atoms with Gasteiger partial charge in [-0.3, -0.25) is 4.79 Å². The van der Waals surface area contributed by atoms with Crippen molar-refractivity contribution in [3.05, 3.63) is 47.0 Å². The van der Waals surface area contributed by atoms with Crippen molar-refractivity contribution in [1.82, 2.24) is 9.55 Å². The maximum absolute atomic E-state index is 11.9. The van der Waals surface area contributed by atoms with E-state index < -0.39 is 11.9 Å². The summed E-state index contributed by atoms with van der Waals surface area (Å²) < 4.78 is 1.63. The van der Waals surface area contributed by atoms with E-state index in [-0.39, 0.29) is 22.0 Å². The van der Waals surface area contributed by atoms with Crippen molar-refractivity contribution in [2.45, 2.75) is 0 Å². The molecule has 1 amide bonds. The van der Waals surface area contributed by atoms with Crippen LogP contribution < -0.4 is 5.32 Å². The number of rotatable bonds is 3. The van der Waals surface area contributed by atoms with E-state index in [1.807, 2.05) is 0 Å². The number of aromatic nitrogens is 2. The summed E-state index contributed by atoms with van der Waals surface area (Å²) in [5, 5.41) is 11.7. The predicted molar refractivity (Wildman–Crippen MR) is 69.6 cm³/mol. The Morgan fingerprint density at radius 3 is 2.74 bits per heavy atom. The van der Waals surface area contributed by atoms with Crippen LogP contribution in [0.25, 0.3) is 0 Å². The fourth-order valence-electron chi connectivity index (χ4n) is 1.47. The largest absolute Gasteiger partial charge is 0.478 e. The number of nitrogens with one attached hydrogen (secondary N) is 1. The fraction of sp³-hybridized carbons (Fsp3) is 0.0833. The van der Waals surface area contributed by atoms with Crippen molar-refractivity contribution in [3.8, 4) is 0 Å². The normalized spacial score (nSPS) is 10.2. The van der Waals surface area contributed by atoms with Gasteiger partial charge < -0.3 is 15.0 Å². The van der Waals surface area contributed by atoms with Crippen LogP contribution in [0, 0.1) is 0 Å². The Kier molecular flexibility index (Phi) is 3.52. The number of carboxylic acids is 1. The van der Waals surface area contributed by atoms with Crippen LogP contribution in [0.1, 0.15) is 20.8 Å². The number of carbonyl (C=O) groups is 2. The SMILES string of the molecule is Cn1cnc(C(=O)Nc2cc(C(=O)O)ccc2Cl)c1. The third-order valence-electron chi connectivity index (χ3n) is 2.40. The molecule has 1 aromatic carbocycles. The Hall–Kier alpha value is -2.34. The van der Waals surface area contributed by atoms with Crippen LogP contribution >= 0.6 is 11.6 Å². The highest BCUT2D eigenvalue weighted by Gasteiger charge is 2.13. The molecule has 98 valence electrons. The summed E-state index contributed by atoms with van der Waals surface area (Å²) in [5.74, 6) is -1.55. The van der Waals surface area contributed by atoms with E-state index in [4.69, 9.17) is 16.7 Å². The number of amides is 1. The number of aromatic carboxylic acids is 1. The number of nitrogens with zero attached hydrogens (tertiary/aromatic N) is 2. The molecule has 7 heteroatoms. The van der Waals surface area contributed by atoms with E-state index >= 15 is 0 Å². The van der Waals surface area contributed by atoms with Crippen LogP contribution in [0.15, 0.2) is 30.7 Å². The van der Waals surface area contributed by atoms with Gasteiger partial charge in [-0.15, -0.1) is 0 Å². The summed E-state index contributed by atoms with van der Waals surface area (Å²) in [6.45, 7) is 0. The van der Waals surface area contributed by atoms with Gasteiger partial charge in [0.2, 0.25) is 0 Å². The van der Waals surface area contributed by atoms with Crippen LogP contribution in [-0.4, -0.2) is 26.5 Å². The van der Waals surface area contributed by atoms with Crippen molar-refractivity contribution in [3.63, 3.8) is 0 Å². The molecule has 0 atom stereocenters. The van der Waals surface area contributed by atoms with Crippen molar-refractivity contribution in [2.24, 2.45) is 7.05 Å². The zero-order valence-electron chi connectivity index (χ0n) is 9.92. The molecule has 0 aliphatic rings. The van der Waals surface area contributed by atoms with E-state index in [9.17, 15) is 9.59 Å². The predicted octanol–water partition coefficient (Wildman–Crippen LogP) is 2.02. The Morgan fingerprint density at radius 2 is 2.16 bits per heavy atom. The fourth-order valence-corrected chi connectivity index (χ4v) is 1.64. The van der Waals surface area contributed by atoms with Gasteiger partial charge in [-0.2, -0.15) is 0 Å². The molecule has 2 aromatic rings. The molecule has 2 N–H and O–H groups in total. The number of aryl methyl sites for hydroxylation is 1. The first-order valence-electron chi connectivity index (χ1n) is 5.29. The first-order valence-corrected chi connectivity index (χ1v) is 5.67. The molecular formula is C12H10ClN3O3. The summed E-state index contributed by atoms with van der Waals surface area (Å²) in [6, 6.07) is 4.08. The minimum atomic E-state index is -1.09. The molecule has 0 radical (unpaired) electrons. The molecule has 0 unspecified atom stereocenters. The molecule has 1 heterocycles. The number of anilines is 1. The quantitative estimate of drug-likeness (QED) is 0.900. The topological polar surface area (TPSA) is 84.2 Å². The van der Waals surface area contributed by atoms with Gasteiger partial charge in [0.15, 0.2) is 0 Å². The molecule has 1 aromatic heterocycles. The molecule has 0 saturated heterocycles. The Labute approximate surface area is 113 Å². The maximum atomic E-state index is 11.9. The van der Waals surface area contributed by atoms with E-state index in [1.165, 1.54) is 24.5 Å². The van der Waals surface area contributed by atoms with Gasteiger partial charge in [-0.25, -0.2) is 9.78 Å². The van der Waals surface area contributed by atoms with Crippen molar-refractivity contribution < 1.29 is 14.7 Å². The lowest BCUT2D eigenvalue weighted by Crippen LogP contribution is -2.13.